The van der Waals surface area contributed by atoms with E-state index >= 15 is 0 Å². The molecule has 1 aliphatic rings. The number of carbonyl (C=O) groups excluding carboxylic acids is 1. The average molecular weight is 456 g/mol. The monoisotopic (exact) mass is 456 g/mol. The van der Waals surface area contributed by atoms with Crippen LogP contribution in [0.5, 0.6) is 5.75 Å². The summed E-state index contributed by atoms with van der Waals surface area (Å²) in [7, 11) is 0. The number of rotatable bonds is 4. The third kappa shape index (κ3) is 3.59. The Morgan fingerprint density at radius 2 is 1.53 bits per heavy atom. The highest BCUT2D eigenvalue weighted by Gasteiger charge is 2.46. The zero-order valence-electron chi connectivity index (χ0n) is 15.7. The highest BCUT2D eigenvalue weighted by molar-refractivity contribution is 5.99. The van der Waals surface area contributed by atoms with Crippen LogP contribution in [0.1, 0.15) is 5.56 Å². The Labute approximate surface area is 175 Å². The minimum absolute atomic E-state index is 0.169. The number of carbonyl (C=O) groups is 1. The van der Waals surface area contributed by atoms with Crippen molar-refractivity contribution in [3.63, 3.8) is 0 Å². The molecule has 11 heteroatoms. The fraction of sp³-hybridized carbons (Fsp3) is 0.0952. The number of nitrogens with one attached hydrogen (secondary N) is 2. The van der Waals surface area contributed by atoms with Crippen molar-refractivity contribution in [2.75, 3.05) is 10.6 Å². The summed E-state index contributed by atoms with van der Waals surface area (Å²) in [6, 6.07) is 9.04. The number of fused-ring (bicyclic) bond motifs is 1. The van der Waals surface area contributed by atoms with Crippen LogP contribution in [0, 0.1) is 29.1 Å². The Morgan fingerprint density at radius 1 is 0.906 bits per heavy atom. The van der Waals surface area contributed by atoms with Crippen molar-refractivity contribution in [3.05, 3.63) is 77.1 Å². The fourth-order valence-electron chi connectivity index (χ4n) is 3.12. The van der Waals surface area contributed by atoms with Gasteiger partial charge in [-0.3, -0.25) is 4.79 Å². The molecular formula is C21H11F7N2O2. The SMILES string of the molecule is O=C1Nc2cc(-c3c(F)c(F)c(NCc4ccccc4)c(F)c3F)c(F)cc2OC1(F)F. The van der Waals surface area contributed by atoms with Crippen molar-refractivity contribution < 1.29 is 40.3 Å². The lowest BCUT2D eigenvalue weighted by atomic mass is 10.0. The minimum atomic E-state index is -4.30. The molecule has 0 saturated heterocycles. The Kier molecular flexibility index (Phi) is 5.19. The predicted molar refractivity (Wildman–Crippen MR) is 99.6 cm³/mol. The third-order valence-corrected chi connectivity index (χ3v) is 4.66. The van der Waals surface area contributed by atoms with Gasteiger partial charge < -0.3 is 15.4 Å². The van der Waals surface area contributed by atoms with Gasteiger partial charge in [-0.05, 0) is 11.6 Å². The van der Waals surface area contributed by atoms with Crippen molar-refractivity contribution in [2.45, 2.75) is 12.7 Å². The first-order chi connectivity index (χ1) is 15.1. The lowest BCUT2D eigenvalue weighted by Gasteiger charge is -2.25. The molecule has 0 aromatic heterocycles. The van der Waals surface area contributed by atoms with Crippen LogP contribution >= 0.6 is 0 Å². The summed E-state index contributed by atoms with van der Waals surface area (Å²) in [5.41, 5.74) is -3.55. The molecule has 0 saturated carbocycles. The van der Waals surface area contributed by atoms with E-state index in [2.05, 4.69) is 10.1 Å². The van der Waals surface area contributed by atoms with Crippen LogP contribution in [-0.4, -0.2) is 12.0 Å². The van der Waals surface area contributed by atoms with Crippen LogP contribution in [0.4, 0.5) is 42.1 Å². The van der Waals surface area contributed by atoms with Crippen LogP contribution in [0.25, 0.3) is 11.1 Å². The summed E-state index contributed by atoms with van der Waals surface area (Å²) in [5.74, 6) is -11.8. The van der Waals surface area contributed by atoms with Crippen LogP contribution < -0.4 is 15.4 Å². The second kappa shape index (κ2) is 7.74. The molecule has 4 rings (SSSR count). The first-order valence-corrected chi connectivity index (χ1v) is 8.96. The molecule has 1 aliphatic heterocycles. The molecule has 4 nitrogen and oxygen atoms in total. The molecule has 0 unspecified atom stereocenters. The van der Waals surface area contributed by atoms with Crippen molar-refractivity contribution >= 4 is 17.3 Å². The highest BCUT2D eigenvalue weighted by Crippen LogP contribution is 2.42. The number of hydrogen-bond acceptors (Lipinski definition) is 3. The molecule has 0 fully saturated rings. The highest BCUT2D eigenvalue weighted by atomic mass is 19.3. The number of ether oxygens (including phenoxy) is 1. The molecule has 1 amide bonds. The fourth-order valence-corrected chi connectivity index (χ4v) is 3.12. The van der Waals surface area contributed by atoms with Gasteiger partial charge in [0.05, 0.1) is 11.3 Å². The number of alkyl halides is 2. The molecule has 166 valence electrons. The maximum atomic E-state index is 14.7. The minimum Gasteiger partial charge on any atom is -0.423 e. The topological polar surface area (TPSA) is 50.4 Å². The molecule has 0 spiro atoms. The number of benzene rings is 3. The molecule has 2 N–H and O–H groups in total. The maximum absolute atomic E-state index is 14.7. The third-order valence-electron chi connectivity index (χ3n) is 4.66. The molecular weight excluding hydrogens is 445 g/mol. The van der Waals surface area contributed by atoms with E-state index in [0.717, 1.165) is 0 Å². The van der Waals surface area contributed by atoms with E-state index in [4.69, 9.17) is 0 Å². The number of anilines is 2. The summed E-state index contributed by atoms with van der Waals surface area (Å²) in [4.78, 5) is 11.3. The molecule has 3 aromatic carbocycles. The largest absolute Gasteiger partial charge is 0.482 e. The van der Waals surface area contributed by atoms with Crippen molar-refractivity contribution in [2.24, 2.45) is 0 Å². The first kappa shape index (κ1) is 21.5. The second-order valence-electron chi connectivity index (χ2n) is 6.75. The molecule has 1 heterocycles. The average Bonchev–Trinajstić information content (AvgIpc) is 2.75. The van der Waals surface area contributed by atoms with Crippen molar-refractivity contribution in [1.82, 2.24) is 0 Å². The van der Waals surface area contributed by atoms with Gasteiger partial charge in [0.1, 0.15) is 11.5 Å². The van der Waals surface area contributed by atoms with E-state index in [1.54, 1.807) is 35.6 Å². The summed E-state index contributed by atoms with van der Waals surface area (Å²) in [5, 5.41) is 3.93. The van der Waals surface area contributed by atoms with E-state index in [9.17, 15) is 35.5 Å². The normalized spacial score (nSPS) is 14.4. The summed E-state index contributed by atoms with van der Waals surface area (Å²) in [6.45, 7) is -0.169. The molecule has 0 radical (unpaired) electrons. The molecule has 0 aliphatic carbocycles. The Bertz CT molecular complexity index is 1200. The van der Waals surface area contributed by atoms with Gasteiger partial charge in [-0.2, -0.15) is 8.78 Å². The number of hydrogen-bond donors (Lipinski definition) is 2. The van der Waals surface area contributed by atoms with E-state index in [1.807, 2.05) is 0 Å². The summed E-state index contributed by atoms with van der Waals surface area (Å²) < 4.78 is 104. The Hall–Kier alpha value is -3.76. The first-order valence-electron chi connectivity index (χ1n) is 8.96. The summed E-state index contributed by atoms with van der Waals surface area (Å²) >= 11 is 0. The van der Waals surface area contributed by atoms with Crippen LogP contribution in [0.15, 0.2) is 42.5 Å². The maximum Gasteiger partial charge on any atom is 0.482 e. The molecule has 0 bridgehead atoms. The second-order valence-corrected chi connectivity index (χ2v) is 6.75. The van der Waals surface area contributed by atoms with Crippen molar-refractivity contribution in [1.29, 1.82) is 0 Å². The van der Waals surface area contributed by atoms with E-state index in [0.29, 0.717) is 17.7 Å². The lowest BCUT2D eigenvalue weighted by Crippen LogP contribution is -2.43. The van der Waals surface area contributed by atoms with Gasteiger partial charge in [0.25, 0.3) is 0 Å². The van der Waals surface area contributed by atoms with Gasteiger partial charge in [-0.25, -0.2) is 22.0 Å². The van der Waals surface area contributed by atoms with Crippen molar-refractivity contribution in [3.8, 4) is 16.9 Å². The van der Waals surface area contributed by atoms with E-state index in [-0.39, 0.29) is 6.54 Å². The Balaban J connectivity index is 1.77. The lowest BCUT2D eigenvalue weighted by molar-refractivity contribution is -0.189. The Morgan fingerprint density at radius 3 is 2.16 bits per heavy atom. The van der Waals surface area contributed by atoms with Gasteiger partial charge in [0, 0.05) is 18.2 Å². The zero-order valence-corrected chi connectivity index (χ0v) is 15.7. The van der Waals surface area contributed by atoms with Gasteiger partial charge in [0.2, 0.25) is 0 Å². The zero-order chi connectivity index (χ0) is 23.2. The van der Waals surface area contributed by atoms with Crippen LogP contribution in [-0.2, 0) is 11.3 Å². The summed E-state index contributed by atoms with van der Waals surface area (Å²) in [6.07, 6.45) is -4.30. The molecule has 32 heavy (non-hydrogen) atoms. The predicted octanol–water partition coefficient (Wildman–Crippen LogP) is 5.58. The smallest absolute Gasteiger partial charge is 0.423 e. The molecule has 3 aromatic rings. The molecule has 0 atom stereocenters. The standard InChI is InChI=1S/C21H11F7N2O2/c22-11-7-13-12(30-20(31)21(27,28)32-13)6-10(11)14-15(23)17(25)19(18(26)16(14)24)29-8-9-4-2-1-3-5-9/h1-7,29H,8H2,(H,30,31). The van der Waals surface area contributed by atoms with Gasteiger partial charge in [-0.15, -0.1) is 0 Å². The van der Waals surface area contributed by atoms with Crippen LogP contribution in [0.2, 0.25) is 0 Å². The number of halogens is 7. The van der Waals surface area contributed by atoms with Gasteiger partial charge in [-0.1, -0.05) is 30.3 Å². The van der Waals surface area contributed by atoms with Gasteiger partial charge >= 0.3 is 12.0 Å². The van der Waals surface area contributed by atoms with Crippen LogP contribution in [0.3, 0.4) is 0 Å². The number of amides is 1. The van der Waals surface area contributed by atoms with Gasteiger partial charge in [0.15, 0.2) is 29.0 Å². The van der Waals surface area contributed by atoms with E-state index < -0.39 is 69.4 Å². The van der Waals surface area contributed by atoms with E-state index in [1.165, 1.54) is 0 Å². The quantitative estimate of drug-likeness (QED) is 0.398.